The van der Waals surface area contributed by atoms with Gasteiger partial charge in [-0.3, -0.25) is 4.18 Å². The van der Waals surface area contributed by atoms with Crippen LogP contribution in [0.3, 0.4) is 0 Å². The van der Waals surface area contributed by atoms with Crippen molar-refractivity contribution in [2.75, 3.05) is 32.6 Å². The Kier molecular flexibility index (Phi) is 5.76. The van der Waals surface area contributed by atoms with Crippen molar-refractivity contribution in [3.05, 3.63) is 35.9 Å². The number of hydrogen-bond acceptors (Lipinski definition) is 6. The first-order chi connectivity index (χ1) is 10.4. The fraction of sp³-hybridized carbons (Fsp3) is 0.500. The lowest BCUT2D eigenvalue weighted by Gasteiger charge is -2.22. The molecule has 1 atom stereocenters. The molecular formula is C14H19NO6S. The highest BCUT2D eigenvalue weighted by atomic mass is 32.2. The molecule has 1 saturated heterocycles. The van der Waals surface area contributed by atoms with Gasteiger partial charge in [-0.2, -0.15) is 8.42 Å². The number of ether oxygens (including phenoxy) is 2. The molecule has 8 heteroatoms. The Morgan fingerprint density at radius 1 is 1.36 bits per heavy atom. The largest absolute Gasteiger partial charge is 0.445 e. The number of carbonyl (C=O) groups excluding carboxylic acids is 1. The topological polar surface area (TPSA) is 82.1 Å². The van der Waals surface area contributed by atoms with E-state index in [0.29, 0.717) is 13.2 Å². The summed E-state index contributed by atoms with van der Waals surface area (Å²) in [6.07, 6.45) is -0.270. The molecule has 1 aliphatic rings. The Hall–Kier alpha value is -1.64. The summed E-state index contributed by atoms with van der Waals surface area (Å²) >= 11 is 0. The molecule has 0 radical (unpaired) electrons. The van der Waals surface area contributed by atoms with Crippen LogP contribution in [0, 0.1) is 0 Å². The third kappa shape index (κ3) is 5.63. The van der Waals surface area contributed by atoms with Crippen molar-refractivity contribution in [1.82, 2.24) is 4.90 Å². The molecule has 0 aliphatic carbocycles. The van der Waals surface area contributed by atoms with E-state index in [9.17, 15) is 13.2 Å². The minimum Gasteiger partial charge on any atom is -0.445 e. The molecule has 122 valence electrons. The lowest BCUT2D eigenvalue weighted by Crippen LogP contribution is -2.39. The first-order valence-electron chi connectivity index (χ1n) is 6.86. The highest BCUT2D eigenvalue weighted by molar-refractivity contribution is 7.86. The molecule has 1 aliphatic heterocycles. The summed E-state index contributed by atoms with van der Waals surface area (Å²) in [6, 6.07) is 9.31. The van der Waals surface area contributed by atoms with Crippen molar-refractivity contribution in [1.29, 1.82) is 0 Å². The van der Waals surface area contributed by atoms with Gasteiger partial charge in [-0.25, -0.2) is 4.79 Å². The van der Waals surface area contributed by atoms with E-state index >= 15 is 0 Å². The predicted molar refractivity (Wildman–Crippen MR) is 78.7 cm³/mol. The van der Waals surface area contributed by atoms with E-state index in [1.807, 2.05) is 30.3 Å². The number of rotatable bonds is 4. The Morgan fingerprint density at radius 3 is 2.77 bits per heavy atom. The van der Waals surface area contributed by atoms with Gasteiger partial charge in [0.1, 0.15) is 12.7 Å². The first-order valence-corrected chi connectivity index (χ1v) is 8.67. The van der Waals surface area contributed by atoms with Gasteiger partial charge in [-0.1, -0.05) is 30.3 Å². The number of amides is 1. The van der Waals surface area contributed by atoms with Crippen molar-refractivity contribution in [2.45, 2.75) is 12.7 Å². The summed E-state index contributed by atoms with van der Waals surface area (Å²) in [6.45, 7) is 1.03. The van der Waals surface area contributed by atoms with Gasteiger partial charge in [0.25, 0.3) is 10.1 Å². The van der Waals surface area contributed by atoms with Gasteiger partial charge in [0.15, 0.2) is 0 Å². The normalized spacial score (nSPS) is 19.5. The van der Waals surface area contributed by atoms with Crippen LogP contribution >= 0.6 is 0 Å². The van der Waals surface area contributed by atoms with Crippen molar-refractivity contribution in [2.24, 2.45) is 0 Å². The maximum atomic E-state index is 12.1. The SMILES string of the molecule is CS(=O)(=O)OC1COCCN(C(=O)OCc2ccccc2)C1. The van der Waals surface area contributed by atoms with Crippen LogP contribution < -0.4 is 0 Å². The van der Waals surface area contributed by atoms with Crippen LogP contribution in [-0.4, -0.2) is 58.1 Å². The van der Waals surface area contributed by atoms with Gasteiger partial charge < -0.3 is 14.4 Å². The second-order valence-electron chi connectivity index (χ2n) is 4.98. The molecule has 0 N–H and O–H groups in total. The average molecular weight is 329 g/mol. The summed E-state index contributed by atoms with van der Waals surface area (Å²) in [7, 11) is -3.60. The van der Waals surface area contributed by atoms with Crippen LogP contribution in [0.2, 0.25) is 0 Å². The standard InChI is InChI=1S/C14H19NO6S/c1-22(17,18)21-13-9-15(7-8-19-11-13)14(16)20-10-12-5-3-2-4-6-12/h2-6,13H,7-11H2,1H3. The Labute approximate surface area is 129 Å². The third-order valence-corrected chi connectivity index (χ3v) is 3.63. The van der Waals surface area contributed by atoms with Crippen LogP contribution in [-0.2, 0) is 30.4 Å². The van der Waals surface area contributed by atoms with Gasteiger partial charge in [-0.15, -0.1) is 0 Å². The number of hydrogen-bond donors (Lipinski definition) is 0. The summed E-state index contributed by atoms with van der Waals surface area (Å²) in [5.74, 6) is 0. The van der Waals surface area contributed by atoms with E-state index in [0.717, 1.165) is 11.8 Å². The van der Waals surface area contributed by atoms with E-state index in [2.05, 4.69) is 0 Å². The van der Waals surface area contributed by atoms with Crippen molar-refractivity contribution < 1.29 is 26.9 Å². The minimum absolute atomic E-state index is 0.112. The molecule has 1 aromatic rings. The van der Waals surface area contributed by atoms with Crippen molar-refractivity contribution >= 4 is 16.2 Å². The molecule has 0 bridgehead atoms. The Bertz CT molecular complexity index is 589. The molecule has 0 saturated carbocycles. The molecule has 1 unspecified atom stereocenters. The maximum absolute atomic E-state index is 12.1. The Balaban J connectivity index is 1.90. The molecule has 1 aromatic carbocycles. The first kappa shape index (κ1) is 16.7. The average Bonchev–Trinajstić information content (AvgIpc) is 2.69. The van der Waals surface area contributed by atoms with E-state index in [1.54, 1.807) is 0 Å². The molecule has 0 spiro atoms. The van der Waals surface area contributed by atoms with Gasteiger partial charge in [0.05, 0.1) is 26.0 Å². The van der Waals surface area contributed by atoms with Crippen LogP contribution in [0.25, 0.3) is 0 Å². The van der Waals surface area contributed by atoms with Crippen LogP contribution in [0.5, 0.6) is 0 Å². The lowest BCUT2D eigenvalue weighted by atomic mass is 10.2. The van der Waals surface area contributed by atoms with Crippen molar-refractivity contribution in [3.63, 3.8) is 0 Å². The van der Waals surface area contributed by atoms with Gasteiger partial charge in [0, 0.05) is 6.54 Å². The van der Waals surface area contributed by atoms with Gasteiger partial charge >= 0.3 is 6.09 Å². The quantitative estimate of drug-likeness (QED) is 0.767. The molecule has 2 rings (SSSR count). The lowest BCUT2D eigenvalue weighted by molar-refractivity contribution is 0.0721. The van der Waals surface area contributed by atoms with Crippen molar-refractivity contribution in [3.8, 4) is 0 Å². The zero-order chi connectivity index (χ0) is 16.0. The highest BCUT2D eigenvalue weighted by Gasteiger charge is 2.26. The Morgan fingerprint density at radius 2 is 2.09 bits per heavy atom. The maximum Gasteiger partial charge on any atom is 0.410 e. The van der Waals surface area contributed by atoms with Gasteiger partial charge in [0.2, 0.25) is 0 Å². The fourth-order valence-corrected chi connectivity index (χ4v) is 2.67. The molecular weight excluding hydrogens is 310 g/mol. The molecule has 1 heterocycles. The third-order valence-electron chi connectivity index (χ3n) is 3.01. The van der Waals surface area contributed by atoms with Crippen LogP contribution in [0.4, 0.5) is 4.79 Å². The second kappa shape index (κ2) is 7.57. The zero-order valence-electron chi connectivity index (χ0n) is 12.3. The predicted octanol–water partition coefficient (Wildman–Crippen LogP) is 1.00. The smallest absolute Gasteiger partial charge is 0.410 e. The summed E-state index contributed by atoms with van der Waals surface area (Å²) in [5, 5.41) is 0. The molecule has 1 fully saturated rings. The zero-order valence-corrected chi connectivity index (χ0v) is 13.1. The number of carbonyl (C=O) groups is 1. The fourth-order valence-electron chi connectivity index (χ4n) is 2.06. The number of benzene rings is 1. The second-order valence-corrected chi connectivity index (χ2v) is 6.58. The number of nitrogens with zero attached hydrogens (tertiary/aromatic N) is 1. The van der Waals surface area contributed by atoms with E-state index < -0.39 is 22.3 Å². The minimum atomic E-state index is -3.60. The highest BCUT2D eigenvalue weighted by Crippen LogP contribution is 2.09. The van der Waals surface area contributed by atoms with E-state index in [4.69, 9.17) is 13.7 Å². The molecule has 22 heavy (non-hydrogen) atoms. The summed E-state index contributed by atoms with van der Waals surface area (Å²) in [5.41, 5.74) is 0.880. The van der Waals surface area contributed by atoms with E-state index in [-0.39, 0.29) is 19.8 Å². The van der Waals surface area contributed by atoms with Crippen LogP contribution in [0.15, 0.2) is 30.3 Å². The molecule has 1 amide bonds. The molecule has 0 aromatic heterocycles. The monoisotopic (exact) mass is 329 g/mol. The summed E-state index contributed by atoms with van der Waals surface area (Å²) in [4.78, 5) is 13.5. The van der Waals surface area contributed by atoms with E-state index in [1.165, 1.54) is 4.90 Å². The summed E-state index contributed by atoms with van der Waals surface area (Å²) < 4.78 is 37.8. The van der Waals surface area contributed by atoms with Crippen LogP contribution in [0.1, 0.15) is 5.56 Å². The van der Waals surface area contributed by atoms with Gasteiger partial charge in [-0.05, 0) is 5.56 Å². The molecule has 7 nitrogen and oxygen atoms in total.